The van der Waals surface area contributed by atoms with Crippen molar-refractivity contribution in [1.29, 1.82) is 0 Å². The standard InChI is InChI=1S/C12H14O5/c13-9-7-16-11(14)6-10(9)17-12(15)8-4-2-1-3-5-8/h1-5,9-11,13-14H,6-7H2/t9-,10+,11?/m0/s1. The molecule has 1 unspecified atom stereocenters. The number of esters is 1. The summed E-state index contributed by atoms with van der Waals surface area (Å²) in [6.07, 6.45) is -2.54. The van der Waals surface area contributed by atoms with Crippen LogP contribution in [0.2, 0.25) is 0 Å². The average Bonchev–Trinajstić information content (AvgIpc) is 2.35. The van der Waals surface area contributed by atoms with Gasteiger partial charge in [0, 0.05) is 6.42 Å². The molecule has 92 valence electrons. The van der Waals surface area contributed by atoms with Gasteiger partial charge in [-0.2, -0.15) is 0 Å². The maximum absolute atomic E-state index is 11.7. The molecule has 2 N–H and O–H groups in total. The Morgan fingerprint density at radius 2 is 2.00 bits per heavy atom. The number of rotatable bonds is 2. The number of ether oxygens (including phenoxy) is 2. The molecule has 5 heteroatoms. The molecule has 2 rings (SSSR count). The maximum Gasteiger partial charge on any atom is 0.338 e. The van der Waals surface area contributed by atoms with E-state index in [-0.39, 0.29) is 13.0 Å². The molecular formula is C12H14O5. The topological polar surface area (TPSA) is 76.0 Å². The summed E-state index contributed by atoms with van der Waals surface area (Å²) in [6.45, 7) is -0.0338. The van der Waals surface area contributed by atoms with Crippen molar-refractivity contribution in [3.8, 4) is 0 Å². The van der Waals surface area contributed by atoms with Gasteiger partial charge in [-0.05, 0) is 12.1 Å². The lowest BCUT2D eigenvalue weighted by atomic mass is 10.1. The molecule has 1 heterocycles. The molecule has 0 radical (unpaired) electrons. The SMILES string of the molecule is O=C(O[C@@H]1CC(O)OC[C@@H]1O)c1ccccc1. The van der Waals surface area contributed by atoms with Crippen molar-refractivity contribution in [3.05, 3.63) is 35.9 Å². The summed E-state index contributed by atoms with van der Waals surface area (Å²) in [5, 5.41) is 18.8. The largest absolute Gasteiger partial charge is 0.456 e. The number of carbonyl (C=O) groups excluding carboxylic acids is 1. The van der Waals surface area contributed by atoms with Crippen LogP contribution in [-0.2, 0) is 9.47 Å². The van der Waals surface area contributed by atoms with E-state index in [1.54, 1.807) is 30.3 Å². The molecule has 0 saturated carbocycles. The summed E-state index contributed by atoms with van der Waals surface area (Å²) in [4.78, 5) is 11.7. The van der Waals surface area contributed by atoms with E-state index in [9.17, 15) is 15.0 Å². The van der Waals surface area contributed by atoms with Crippen LogP contribution >= 0.6 is 0 Å². The van der Waals surface area contributed by atoms with Crippen LogP contribution < -0.4 is 0 Å². The highest BCUT2D eigenvalue weighted by Gasteiger charge is 2.32. The van der Waals surface area contributed by atoms with E-state index >= 15 is 0 Å². The van der Waals surface area contributed by atoms with E-state index < -0.39 is 24.5 Å². The second kappa shape index (κ2) is 5.27. The molecule has 1 aromatic rings. The van der Waals surface area contributed by atoms with Crippen molar-refractivity contribution in [2.75, 3.05) is 6.61 Å². The molecule has 5 nitrogen and oxygen atoms in total. The minimum Gasteiger partial charge on any atom is -0.456 e. The van der Waals surface area contributed by atoms with Gasteiger partial charge in [-0.3, -0.25) is 0 Å². The number of aliphatic hydroxyl groups excluding tert-OH is 2. The predicted octanol–water partition coefficient (Wildman–Crippen LogP) is 0.312. The molecule has 1 saturated heterocycles. The highest BCUT2D eigenvalue weighted by atomic mass is 16.6. The van der Waals surface area contributed by atoms with E-state index in [1.807, 2.05) is 0 Å². The van der Waals surface area contributed by atoms with Crippen LogP contribution in [0.5, 0.6) is 0 Å². The number of hydrogen-bond donors (Lipinski definition) is 2. The summed E-state index contributed by atoms with van der Waals surface area (Å²) in [5.74, 6) is -0.510. The molecular weight excluding hydrogens is 224 g/mol. The van der Waals surface area contributed by atoms with Gasteiger partial charge in [-0.1, -0.05) is 18.2 Å². The molecule has 1 aromatic carbocycles. The molecule has 0 aromatic heterocycles. The van der Waals surface area contributed by atoms with Gasteiger partial charge in [0.15, 0.2) is 6.29 Å². The van der Waals surface area contributed by atoms with Crippen LogP contribution in [0.1, 0.15) is 16.8 Å². The quantitative estimate of drug-likeness (QED) is 0.725. The van der Waals surface area contributed by atoms with Gasteiger partial charge < -0.3 is 19.7 Å². The van der Waals surface area contributed by atoms with Crippen LogP contribution in [0.15, 0.2) is 30.3 Å². The van der Waals surface area contributed by atoms with Crippen LogP contribution in [0, 0.1) is 0 Å². The fraction of sp³-hybridized carbons (Fsp3) is 0.417. The Labute approximate surface area is 98.6 Å². The van der Waals surface area contributed by atoms with Gasteiger partial charge in [0.25, 0.3) is 0 Å². The third kappa shape index (κ3) is 3.03. The highest BCUT2D eigenvalue weighted by molar-refractivity contribution is 5.89. The van der Waals surface area contributed by atoms with Crippen LogP contribution in [-0.4, -0.2) is 41.3 Å². The summed E-state index contributed by atoms with van der Waals surface area (Å²) >= 11 is 0. The van der Waals surface area contributed by atoms with Crippen LogP contribution in [0.4, 0.5) is 0 Å². The Hall–Kier alpha value is -1.43. The Bertz CT molecular complexity index is 378. The van der Waals surface area contributed by atoms with E-state index in [2.05, 4.69) is 0 Å². The first-order valence-corrected chi connectivity index (χ1v) is 5.40. The van der Waals surface area contributed by atoms with Crippen LogP contribution in [0.25, 0.3) is 0 Å². The number of carbonyl (C=O) groups is 1. The zero-order chi connectivity index (χ0) is 12.3. The van der Waals surface area contributed by atoms with Gasteiger partial charge >= 0.3 is 5.97 Å². The molecule has 1 aliphatic heterocycles. The molecule has 0 bridgehead atoms. The van der Waals surface area contributed by atoms with E-state index in [0.717, 1.165) is 0 Å². The van der Waals surface area contributed by atoms with Crippen molar-refractivity contribution in [2.24, 2.45) is 0 Å². The minimum atomic E-state index is -0.994. The van der Waals surface area contributed by atoms with Gasteiger partial charge in [-0.15, -0.1) is 0 Å². The van der Waals surface area contributed by atoms with Crippen molar-refractivity contribution in [2.45, 2.75) is 24.9 Å². The lowest BCUT2D eigenvalue weighted by Gasteiger charge is -2.30. The Morgan fingerprint density at radius 3 is 2.71 bits per heavy atom. The molecule has 0 amide bonds. The Balaban J connectivity index is 1.98. The normalized spacial score (nSPS) is 28.7. The third-order valence-electron chi connectivity index (χ3n) is 2.59. The van der Waals surface area contributed by atoms with Crippen molar-refractivity contribution in [3.63, 3.8) is 0 Å². The summed E-state index contributed by atoms with van der Waals surface area (Å²) in [7, 11) is 0. The average molecular weight is 238 g/mol. The monoisotopic (exact) mass is 238 g/mol. The smallest absolute Gasteiger partial charge is 0.338 e. The van der Waals surface area contributed by atoms with Crippen LogP contribution in [0.3, 0.4) is 0 Å². The molecule has 0 aliphatic carbocycles. The Kier molecular flexibility index (Phi) is 3.73. The lowest BCUT2D eigenvalue weighted by molar-refractivity contribution is -0.194. The highest BCUT2D eigenvalue weighted by Crippen LogP contribution is 2.17. The number of hydrogen-bond acceptors (Lipinski definition) is 5. The minimum absolute atomic E-state index is 0.0338. The Morgan fingerprint density at radius 1 is 1.29 bits per heavy atom. The summed E-state index contributed by atoms with van der Waals surface area (Å²) in [6, 6.07) is 8.51. The van der Waals surface area contributed by atoms with Gasteiger partial charge in [-0.25, -0.2) is 4.79 Å². The molecule has 0 spiro atoms. The van der Waals surface area contributed by atoms with Gasteiger partial charge in [0.1, 0.15) is 12.2 Å². The zero-order valence-electron chi connectivity index (χ0n) is 9.15. The van der Waals surface area contributed by atoms with E-state index in [1.165, 1.54) is 0 Å². The lowest BCUT2D eigenvalue weighted by Crippen LogP contribution is -2.43. The number of benzene rings is 1. The van der Waals surface area contributed by atoms with Crippen molar-refractivity contribution < 1.29 is 24.5 Å². The summed E-state index contributed by atoms with van der Waals surface area (Å²) < 4.78 is 9.95. The second-order valence-electron chi connectivity index (χ2n) is 3.90. The van der Waals surface area contributed by atoms with Crippen molar-refractivity contribution >= 4 is 5.97 Å². The van der Waals surface area contributed by atoms with E-state index in [4.69, 9.17) is 9.47 Å². The molecule has 1 aliphatic rings. The maximum atomic E-state index is 11.7. The molecule has 1 fully saturated rings. The fourth-order valence-corrected chi connectivity index (χ4v) is 1.65. The fourth-order valence-electron chi connectivity index (χ4n) is 1.65. The van der Waals surface area contributed by atoms with E-state index in [0.29, 0.717) is 5.56 Å². The first-order valence-electron chi connectivity index (χ1n) is 5.40. The van der Waals surface area contributed by atoms with Gasteiger partial charge in [0.05, 0.1) is 12.2 Å². The first-order chi connectivity index (χ1) is 8.16. The summed E-state index contributed by atoms with van der Waals surface area (Å²) in [5.41, 5.74) is 0.417. The zero-order valence-corrected chi connectivity index (χ0v) is 9.15. The first kappa shape index (κ1) is 12.0. The predicted molar refractivity (Wildman–Crippen MR) is 58.2 cm³/mol. The third-order valence-corrected chi connectivity index (χ3v) is 2.59. The van der Waals surface area contributed by atoms with Gasteiger partial charge in [0.2, 0.25) is 0 Å². The van der Waals surface area contributed by atoms with Crippen molar-refractivity contribution in [1.82, 2.24) is 0 Å². The molecule has 3 atom stereocenters. The second-order valence-corrected chi connectivity index (χ2v) is 3.90. The number of aliphatic hydroxyl groups is 2. The molecule has 17 heavy (non-hydrogen) atoms.